The van der Waals surface area contributed by atoms with E-state index in [4.69, 9.17) is 4.74 Å². The van der Waals surface area contributed by atoms with Gasteiger partial charge in [0.05, 0.1) is 17.1 Å². The lowest BCUT2D eigenvalue weighted by molar-refractivity contribution is -0.132. The normalized spacial score (nSPS) is 14.4. The Balaban J connectivity index is 1.44. The van der Waals surface area contributed by atoms with Crippen molar-refractivity contribution in [2.24, 2.45) is 0 Å². The van der Waals surface area contributed by atoms with E-state index in [0.29, 0.717) is 17.0 Å². The number of carbonyl (C=O) groups excluding carboxylic acids is 2. The summed E-state index contributed by atoms with van der Waals surface area (Å²) in [6, 6.07) is 11.3. The maximum absolute atomic E-state index is 12.9. The zero-order valence-electron chi connectivity index (χ0n) is 17.4. The topological polar surface area (TPSA) is 71.5 Å². The average molecular weight is 456 g/mol. The first-order valence-corrected chi connectivity index (χ1v) is 12.2. The molecule has 3 aromatic rings. The molecule has 0 bridgehead atoms. The molecule has 162 valence electrons. The van der Waals surface area contributed by atoms with E-state index in [1.54, 1.807) is 17.5 Å². The summed E-state index contributed by atoms with van der Waals surface area (Å²) in [6.07, 6.45) is 4.43. The van der Waals surface area contributed by atoms with Crippen LogP contribution in [0, 0.1) is 0 Å². The van der Waals surface area contributed by atoms with Gasteiger partial charge in [0, 0.05) is 18.7 Å². The number of likely N-dealkylation sites (tertiary alicyclic amines) is 1. The second-order valence-electron chi connectivity index (χ2n) is 7.36. The number of thiazole rings is 1. The Labute approximate surface area is 189 Å². The first-order valence-electron chi connectivity index (χ1n) is 10.5. The summed E-state index contributed by atoms with van der Waals surface area (Å²) in [5.41, 5.74) is 0.871. The summed E-state index contributed by atoms with van der Waals surface area (Å²) >= 11 is 2.99. The summed E-state index contributed by atoms with van der Waals surface area (Å²) in [5, 5.41) is 5.94. The van der Waals surface area contributed by atoms with Gasteiger partial charge in [0.25, 0.3) is 11.8 Å². The van der Waals surface area contributed by atoms with Crippen molar-refractivity contribution in [2.75, 3.05) is 19.7 Å². The lowest BCUT2D eigenvalue weighted by Gasteiger charge is -2.21. The third-order valence-electron chi connectivity index (χ3n) is 5.28. The van der Waals surface area contributed by atoms with Crippen molar-refractivity contribution in [1.29, 1.82) is 0 Å². The van der Waals surface area contributed by atoms with Crippen LogP contribution in [0.5, 0.6) is 5.75 Å². The van der Waals surface area contributed by atoms with E-state index in [9.17, 15) is 9.59 Å². The zero-order chi connectivity index (χ0) is 21.6. The number of hydrogen-bond acceptors (Lipinski definition) is 6. The number of benzene rings is 1. The van der Waals surface area contributed by atoms with Crippen molar-refractivity contribution in [2.45, 2.75) is 32.2 Å². The van der Waals surface area contributed by atoms with Crippen molar-refractivity contribution in [3.05, 3.63) is 58.4 Å². The highest BCUT2D eigenvalue weighted by Crippen LogP contribution is 2.31. The molecule has 0 radical (unpaired) electrons. The molecule has 1 saturated heterocycles. The van der Waals surface area contributed by atoms with Crippen LogP contribution in [0.3, 0.4) is 0 Å². The molecule has 31 heavy (non-hydrogen) atoms. The van der Waals surface area contributed by atoms with Crippen LogP contribution >= 0.6 is 22.7 Å². The van der Waals surface area contributed by atoms with Gasteiger partial charge in [-0.25, -0.2) is 4.98 Å². The number of carbonyl (C=O) groups is 2. The molecule has 2 aromatic heterocycles. The predicted molar refractivity (Wildman–Crippen MR) is 124 cm³/mol. The van der Waals surface area contributed by atoms with Crippen LogP contribution in [0.15, 0.2) is 48.0 Å². The Hall–Kier alpha value is -2.71. The fourth-order valence-electron chi connectivity index (χ4n) is 3.62. The van der Waals surface area contributed by atoms with E-state index in [-0.39, 0.29) is 24.5 Å². The predicted octanol–water partition coefficient (Wildman–Crippen LogP) is 4.75. The molecule has 0 saturated carbocycles. The first-order chi connectivity index (χ1) is 15.2. The van der Waals surface area contributed by atoms with Crippen molar-refractivity contribution < 1.29 is 14.3 Å². The number of amides is 2. The number of thiophene rings is 1. The van der Waals surface area contributed by atoms with Gasteiger partial charge in [0.15, 0.2) is 6.61 Å². The van der Waals surface area contributed by atoms with Gasteiger partial charge in [-0.05, 0) is 36.8 Å². The number of rotatable bonds is 8. The molecule has 1 atom stereocenters. The van der Waals surface area contributed by atoms with E-state index in [0.717, 1.165) is 41.4 Å². The van der Waals surface area contributed by atoms with Crippen LogP contribution < -0.4 is 10.1 Å². The Morgan fingerprint density at radius 1 is 1.19 bits per heavy atom. The minimum Gasteiger partial charge on any atom is -0.483 e. The van der Waals surface area contributed by atoms with Gasteiger partial charge in [-0.1, -0.05) is 31.2 Å². The second-order valence-corrected chi connectivity index (χ2v) is 9.33. The van der Waals surface area contributed by atoms with E-state index in [1.165, 1.54) is 11.3 Å². The quantitative estimate of drug-likeness (QED) is 0.532. The number of nitrogens with one attached hydrogen (secondary N) is 1. The summed E-state index contributed by atoms with van der Waals surface area (Å²) in [5.74, 6) is 0.482. The summed E-state index contributed by atoms with van der Waals surface area (Å²) in [4.78, 5) is 33.1. The van der Waals surface area contributed by atoms with Crippen molar-refractivity contribution in [3.63, 3.8) is 0 Å². The fourth-order valence-corrected chi connectivity index (χ4v) is 5.24. The minimum absolute atomic E-state index is 0.00940. The maximum atomic E-state index is 12.9. The van der Waals surface area contributed by atoms with Crippen LogP contribution in [-0.4, -0.2) is 41.4 Å². The number of para-hydroxylation sites is 1. The first kappa shape index (κ1) is 21.5. The van der Waals surface area contributed by atoms with Gasteiger partial charge in [-0.3, -0.25) is 9.59 Å². The minimum atomic E-state index is -0.224. The number of aromatic nitrogens is 1. The third kappa shape index (κ3) is 5.14. The molecule has 1 aromatic carbocycles. The van der Waals surface area contributed by atoms with E-state index in [2.05, 4.69) is 10.3 Å². The Morgan fingerprint density at radius 3 is 2.74 bits per heavy atom. The van der Waals surface area contributed by atoms with Crippen LogP contribution in [0.25, 0.3) is 9.88 Å². The largest absolute Gasteiger partial charge is 0.483 e. The highest BCUT2D eigenvalue weighted by molar-refractivity contribution is 7.22. The molecule has 8 heteroatoms. The molecule has 2 amide bonds. The average Bonchev–Trinajstić information content (AvgIpc) is 3.57. The van der Waals surface area contributed by atoms with Crippen LogP contribution in [0.2, 0.25) is 0 Å². The summed E-state index contributed by atoms with van der Waals surface area (Å²) in [7, 11) is 0. The van der Waals surface area contributed by atoms with Crippen LogP contribution in [0.1, 0.15) is 47.5 Å². The molecule has 3 heterocycles. The molecular formula is C23H25N3O3S2. The molecule has 4 rings (SSSR count). The van der Waals surface area contributed by atoms with Crippen LogP contribution in [-0.2, 0) is 4.79 Å². The number of hydrogen-bond donors (Lipinski definition) is 1. The molecule has 0 spiro atoms. The Bertz CT molecular complexity index is 1030. The monoisotopic (exact) mass is 455 g/mol. The van der Waals surface area contributed by atoms with Gasteiger partial charge in [-0.2, -0.15) is 0 Å². The van der Waals surface area contributed by atoms with E-state index < -0.39 is 0 Å². The fraction of sp³-hybridized carbons (Fsp3) is 0.348. The van der Waals surface area contributed by atoms with Crippen molar-refractivity contribution >= 4 is 34.5 Å². The number of ether oxygens (including phenoxy) is 1. The molecule has 6 nitrogen and oxygen atoms in total. The maximum Gasteiger partial charge on any atom is 0.263 e. The molecule has 1 N–H and O–H groups in total. The Morgan fingerprint density at radius 2 is 2.00 bits per heavy atom. The molecule has 0 aliphatic carbocycles. The van der Waals surface area contributed by atoms with Crippen LogP contribution in [0.4, 0.5) is 0 Å². The summed E-state index contributed by atoms with van der Waals surface area (Å²) in [6.45, 7) is 3.64. The molecular weight excluding hydrogens is 430 g/mol. The number of nitrogens with zero attached hydrogens (tertiary/aromatic N) is 2. The Kier molecular flexibility index (Phi) is 6.99. The smallest absolute Gasteiger partial charge is 0.263 e. The molecule has 1 unspecified atom stereocenters. The standard InChI is InChI=1S/C23H25N3O3S2/c1-2-17(25-22(28)20-14-24-23(31-20)19-10-7-13-30-19)16-8-3-4-9-18(16)29-15-21(27)26-11-5-6-12-26/h3-4,7-10,13-14,17H,2,5-6,11-12,15H2,1H3,(H,25,28). The highest BCUT2D eigenvalue weighted by atomic mass is 32.1. The van der Waals surface area contributed by atoms with Crippen molar-refractivity contribution in [3.8, 4) is 15.6 Å². The highest BCUT2D eigenvalue weighted by Gasteiger charge is 2.22. The lowest BCUT2D eigenvalue weighted by Crippen LogP contribution is -2.32. The van der Waals surface area contributed by atoms with Crippen molar-refractivity contribution in [1.82, 2.24) is 15.2 Å². The van der Waals surface area contributed by atoms with Gasteiger partial charge in [0.2, 0.25) is 0 Å². The molecule has 1 aliphatic heterocycles. The van der Waals surface area contributed by atoms with Gasteiger partial charge < -0.3 is 15.0 Å². The third-order valence-corrected chi connectivity index (χ3v) is 7.31. The van der Waals surface area contributed by atoms with Gasteiger partial charge >= 0.3 is 0 Å². The lowest BCUT2D eigenvalue weighted by atomic mass is 10.0. The van der Waals surface area contributed by atoms with Gasteiger partial charge in [0.1, 0.15) is 15.6 Å². The van der Waals surface area contributed by atoms with E-state index >= 15 is 0 Å². The van der Waals surface area contributed by atoms with E-state index in [1.807, 2.05) is 53.6 Å². The summed E-state index contributed by atoms with van der Waals surface area (Å²) < 4.78 is 5.88. The molecule has 1 aliphatic rings. The molecule has 1 fully saturated rings. The zero-order valence-corrected chi connectivity index (χ0v) is 19.0. The second kappa shape index (κ2) is 10.1. The van der Waals surface area contributed by atoms with Gasteiger partial charge in [-0.15, -0.1) is 22.7 Å². The SMILES string of the molecule is CCC(NC(=O)c1cnc(-c2cccs2)s1)c1ccccc1OCC(=O)N1CCCC1.